The summed E-state index contributed by atoms with van der Waals surface area (Å²) >= 11 is 0. The van der Waals surface area contributed by atoms with Gasteiger partial charge in [-0.3, -0.25) is 9.78 Å². The van der Waals surface area contributed by atoms with Crippen molar-refractivity contribution in [2.75, 3.05) is 18.5 Å². The summed E-state index contributed by atoms with van der Waals surface area (Å²) in [6.45, 7) is 1.49. The molecule has 1 aromatic heterocycles. The van der Waals surface area contributed by atoms with Gasteiger partial charge in [0, 0.05) is 12.1 Å². The first-order chi connectivity index (χ1) is 12.7. The molecule has 1 aliphatic heterocycles. The van der Waals surface area contributed by atoms with Crippen molar-refractivity contribution < 1.29 is 19.4 Å². The number of hydrogen-bond donors (Lipinski definition) is 2. The zero-order valence-electron chi connectivity index (χ0n) is 14.5. The lowest BCUT2D eigenvalue weighted by molar-refractivity contribution is -0.143. The molecule has 6 heteroatoms. The highest BCUT2D eigenvalue weighted by Gasteiger charge is 2.26. The van der Waals surface area contributed by atoms with Gasteiger partial charge in [0.2, 0.25) is 0 Å². The summed E-state index contributed by atoms with van der Waals surface area (Å²) in [5.74, 6) is 0.657. The molecule has 6 nitrogen and oxygen atoms in total. The van der Waals surface area contributed by atoms with Crippen LogP contribution in [0.2, 0.25) is 0 Å². The maximum absolute atomic E-state index is 11.0. The molecule has 1 aromatic carbocycles. The van der Waals surface area contributed by atoms with E-state index in [4.69, 9.17) is 14.6 Å². The number of nitrogens with one attached hydrogen (secondary N) is 1. The van der Waals surface area contributed by atoms with E-state index >= 15 is 0 Å². The Morgan fingerprint density at radius 2 is 2.04 bits per heavy atom. The maximum atomic E-state index is 11.0. The minimum absolute atomic E-state index is 0.0708. The predicted octanol–water partition coefficient (Wildman–Crippen LogP) is 3.58. The van der Waals surface area contributed by atoms with Crippen molar-refractivity contribution in [1.82, 2.24) is 4.98 Å². The number of fused-ring (bicyclic) bond motifs is 1. The quantitative estimate of drug-likeness (QED) is 0.874. The average molecular weight is 354 g/mol. The molecule has 2 aromatic rings. The zero-order valence-corrected chi connectivity index (χ0v) is 14.5. The number of nitrogens with zero attached hydrogens (tertiary/aromatic N) is 1. The van der Waals surface area contributed by atoms with Gasteiger partial charge in [-0.15, -0.1) is 0 Å². The Bertz CT molecular complexity index is 783. The second-order valence-corrected chi connectivity index (χ2v) is 6.80. The summed E-state index contributed by atoms with van der Waals surface area (Å²) in [5, 5.41) is 12.4. The molecule has 136 valence electrons. The van der Waals surface area contributed by atoms with Gasteiger partial charge in [0.25, 0.3) is 0 Å². The topological polar surface area (TPSA) is 80.7 Å². The molecule has 0 amide bonds. The van der Waals surface area contributed by atoms with Crippen LogP contribution in [0.25, 0.3) is 11.3 Å². The van der Waals surface area contributed by atoms with E-state index in [1.165, 1.54) is 0 Å². The molecule has 26 heavy (non-hydrogen) atoms. The summed E-state index contributed by atoms with van der Waals surface area (Å²) in [6.07, 6.45) is 4.70. The smallest absolute Gasteiger partial charge is 0.306 e. The number of rotatable bonds is 4. The fraction of sp³-hybridized carbons (Fsp3) is 0.400. The van der Waals surface area contributed by atoms with Crippen LogP contribution >= 0.6 is 0 Å². The van der Waals surface area contributed by atoms with Crippen LogP contribution in [0.3, 0.4) is 0 Å². The molecule has 1 fully saturated rings. The van der Waals surface area contributed by atoms with Crippen LogP contribution in [0, 0.1) is 5.92 Å². The molecule has 2 heterocycles. The molecule has 2 aliphatic rings. The van der Waals surface area contributed by atoms with Crippen LogP contribution in [-0.2, 0) is 4.79 Å². The van der Waals surface area contributed by atoms with Crippen molar-refractivity contribution in [3.05, 3.63) is 36.5 Å². The predicted molar refractivity (Wildman–Crippen MR) is 97.7 cm³/mol. The summed E-state index contributed by atoms with van der Waals surface area (Å²) in [7, 11) is 0. The molecule has 2 N–H and O–H groups in total. The molecule has 1 saturated carbocycles. The van der Waals surface area contributed by atoms with E-state index in [1.54, 1.807) is 6.20 Å². The van der Waals surface area contributed by atoms with Crippen molar-refractivity contribution >= 4 is 11.7 Å². The number of carbonyl (C=O) groups is 1. The van der Waals surface area contributed by atoms with Gasteiger partial charge >= 0.3 is 5.97 Å². The van der Waals surface area contributed by atoms with E-state index < -0.39 is 5.97 Å². The van der Waals surface area contributed by atoms with Crippen molar-refractivity contribution in [3.63, 3.8) is 0 Å². The van der Waals surface area contributed by atoms with Gasteiger partial charge in [0.05, 0.1) is 29.6 Å². The van der Waals surface area contributed by atoms with Crippen LogP contribution in [0.5, 0.6) is 11.5 Å². The monoisotopic (exact) mass is 354 g/mol. The molecule has 0 radical (unpaired) electrons. The first-order valence-corrected chi connectivity index (χ1v) is 9.05. The summed E-state index contributed by atoms with van der Waals surface area (Å²) in [5.41, 5.74) is 2.88. The van der Waals surface area contributed by atoms with E-state index in [0.29, 0.717) is 19.4 Å². The first kappa shape index (κ1) is 16.7. The average Bonchev–Trinajstić information content (AvgIpc) is 2.68. The molecule has 0 atom stereocenters. The Kier molecular flexibility index (Phi) is 4.65. The molecule has 0 bridgehead atoms. The normalized spacial score (nSPS) is 21.8. The SMILES string of the molecule is O=C(O)C1CCC(Oc2ccc(-c3ccc4c(c3)OCCN4)nc2)CC1. The molecular weight excluding hydrogens is 332 g/mol. The first-order valence-electron chi connectivity index (χ1n) is 9.05. The van der Waals surface area contributed by atoms with Gasteiger partial charge in [0.15, 0.2) is 0 Å². The number of benzene rings is 1. The molecule has 1 aliphatic carbocycles. The highest BCUT2D eigenvalue weighted by Crippen LogP contribution is 2.33. The van der Waals surface area contributed by atoms with Gasteiger partial charge in [-0.05, 0) is 49.9 Å². The molecule has 0 unspecified atom stereocenters. The van der Waals surface area contributed by atoms with Gasteiger partial charge in [-0.25, -0.2) is 0 Å². The van der Waals surface area contributed by atoms with Crippen LogP contribution in [0.1, 0.15) is 25.7 Å². The lowest BCUT2D eigenvalue weighted by atomic mass is 9.87. The molecule has 0 saturated heterocycles. The minimum Gasteiger partial charge on any atom is -0.490 e. The summed E-state index contributed by atoms with van der Waals surface area (Å²) in [4.78, 5) is 15.5. The highest BCUT2D eigenvalue weighted by molar-refractivity contribution is 5.70. The van der Waals surface area contributed by atoms with E-state index in [9.17, 15) is 4.79 Å². The number of ether oxygens (including phenoxy) is 2. The van der Waals surface area contributed by atoms with Gasteiger partial charge in [-0.2, -0.15) is 0 Å². The van der Waals surface area contributed by atoms with Gasteiger partial charge < -0.3 is 19.9 Å². The molecular formula is C20H22N2O4. The third kappa shape index (κ3) is 3.59. The second kappa shape index (κ2) is 7.23. The van der Waals surface area contributed by atoms with E-state index in [2.05, 4.69) is 10.3 Å². The van der Waals surface area contributed by atoms with E-state index in [0.717, 1.165) is 47.8 Å². The fourth-order valence-electron chi connectivity index (χ4n) is 3.53. The Morgan fingerprint density at radius 1 is 1.19 bits per heavy atom. The molecule has 0 spiro atoms. The second-order valence-electron chi connectivity index (χ2n) is 6.80. The Morgan fingerprint density at radius 3 is 2.77 bits per heavy atom. The number of aromatic nitrogens is 1. The number of aliphatic carboxylic acids is 1. The summed E-state index contributed by atoms with van der Waals surface area (Å²) in [6, 6.07) is 9.89. The van der Waals surface area contributed by atoms with Crippen LogP contribution in [0.15, 0.2) is 36.5 Å². The van der Waals surface area contributed by atoms with E-state index in [-0.39, 0.29) is 12.0 Å². The number of carboxylic acid groups (broad SMARTS) is 1. The van der Waals surface area contributed by atoms with E-state index in [1.807, 2.05) is 30.3 Å². The number of anilines is 1. The Balaban J connectivity index is 1.40. The maximum Gasteiger partial charge on any atom is 0.306 e. The Hall–Kier alpha value is -2.76. The summed E-state index contributed by atoms with van der Waals surface area (Å²) < 4.78 is 11.7. The molecule has 4 rings (SSSR count). The van der Waals surface area contributed by atoms with Crippen molar-refractivity contribution in [3.8, 4) is 22.8 Å². The number of pyridine rings is 1. The van der Waals surface area contributed by atoms with Crippen molar-refractivity contribution in [2.24, 2.45) is 5.92 Å². The highest BCUT2D eigenvalue weighted by atomic mass is 16.5. The van der Waals surface area contributed by atoms with Gasteiger partial charge in [-0.1, -0.05) is 6.07 Å². The van der Waals surface area contributed by atoms with Crippen LogP contribution in [0.4, 0.5) is 5.69 Å². The van der Waals surface area contributed by atoms with Crippen LogP contribution < -0.4 is 14.8 Å². The Labute approximate surface area is 152 Å². The fourth-order valence-corrected chi connectivity index (χ4v) is 3.53. The van der Waals surface area contributed by atoms with Gasteiger partial charge in [0.1, 0.15) is 18.1 Å². The van der Waals surface area contributed by atoms with Crippen LogP contribution in [-0.4, -0.2) is 35.3 Å². The van der Waals surface area contributed by atoms with Crippen molar-refractivity contribution in [1.29, 1.82) is 0 Å². The third-order valence-corrected chi connectivity index (χ3v) is 5.01. The lowest BCUT2D eigenvalue weighted by Crippen LogP contribution is -2.27. The number of hydrogen-bond acceptors (Lipinski definition) is 5. The third-order valence-electron chi connectivity index (χ3n) is 5.01. The standard InChI is InChI=1S/C20H22N2O4/c23-20(24)13-1-4-15(5-2-13)26-16-6-8-17(22-12-16)14-3-7-18-19(11-14)25-10-9-21-18/h3,6-8,11-13,15,21H,1-2,4-5,9-10H2,(H,23,24). The number of carboxylic acids is 1. The largest absolute Gasteiger partial charge is 0.490 e. The lowest BCUT2D eigenvalue weighted by Gasteiger charge is -2.26. The zero-order chi connectivity index (χ0) is 17.9. The minimum atomic E-state index is -0.696. The van der Waals surface area contributed by atoms with Crippen molar-refractivity contribution in [2.45, 2.75) is 31.8 Å².